The zero-order valence-electron chi connectivity index (χ0n) is 15.9. The van der Waals surface area contributed by atoms with E-state index in [1.165, 1.54) is 12.0 Å². The first-order valence-electron chi connectivity index (χ1n) is 9.73. The Morgan fingerprint density at radius 3 is 2.27 bits per heavy atom. The van der Waals surface area contributed by atoms with Crippen molar-refractivity contribution in [2.45, 2.75) is 46.1 Å². The molecule has 2 aliphatic carbocycles. The van der Waals surface area contributed by atoms with E-state index < -0.39 is 0 Å². The van der Waals surface area contributed by atoms with Gasteiger partial charge in [-0.2, -0.15) is 0 Å². The number of carbonyl (C=O) groups is 1. The molecule has 0 unspecified atom stereocenters. The third-order valence-electron chi connectivity index (χ3n) is 7.46. The second kappa shape index (κ2) is 6.26. The van der Waals surface area contributed by atoms with Crippen LogP contribution in [0.25, 0.3) is 0 Å². The van der Waals surface area contributed by atoms with Gasteiger partial charge in [-0.3, -0.25) is 0 Å². The normalized spacial score (nSPS) is 31.7. The predicted molar refractivity (Wildman–Crippen MR) is 104 cm³/mol. The van der Waals surface area contributed by atoms with Crippen LogP contribution in [0.3, 0.4) is 0 Å². The molecule has 0 saturated heterocycles. The van der Waals surface area contributed by atoms with E-state index in [4.69, 9.17) is 4.74 Å². The quantitative estimate of drug-likeness (QED) is 0.679. The highest BCUT2D eigenvalue weighted by Gasteiger charge is 2.67. The third-order valence-corrected chi connectivity index (χ3v) is 7.46. The molecule has 2 heteroatoms. The molecule has 0 heterocycles. The van der Waals surface area contributed by atoms with Gasteiger partial charge in [0.25, 0.3) is 0 Å². The van der Waals surface area contributed by atoms with Gasteiger partial charge in [0, 0.05) is 11.3 Å². The summed E-state index contributed by atoms with van der Waals surface area (Å²) < 4.78 is 6.22. The smallest absolute Gasteiger partial charge is 0.338 e. The Morgan fingerprint density at radius 1 is 1.00 bits per heavy atom. The lowest BCUT2D eigenvalue weighted by Crippen LogP contribution is -2.41. The van der Waals surface area contributed by atoms with Crippen LogP contribution in [0.5, 0.6) is 0 Å². The van der Waals surface area contributed by atoms with Crippen LogP contribution in [-0.2, 0) is 11.2 Å². The van der Waals surface area contributed by atoms with Crippen molar-refractivity contribution in [2.24, 2.45) is 22.7 Å². The van der Waals surface area contributed by atoms with E-state index in [2.05, 4.69) is 51.1 Å². The molecule has 2 aromatic rings. The Kier molecular flexibility index (Phi) is 4.17. The highest BCUT2D eigenvalue weighted by atomic mass is 16.5. The summed E-state index contributed by atoms with van der Waals surface area (Å²) in [5.74, 6) is 0.804. The number of hydrogen-bond donors (Lipinski definition) is 0. The Hall–Kier alpha value is -2.09. The molecule has 26 heavy (non-hydrogen) atoms. The van der Waals surface area contributed by atoms with Crippen LogP contribution in [0.15, 0.2) is 60.7 Å². The standard InChI is InChI=1S/C24H28O2/c1-23(2)20-14-15-24(23,3)21(19(20)16-17-10-6-4-7-11-17)26-22(25)18-12-8-5-9-13-18/h4-13,19-21H,14-16H2,1-3H3/t19-,20+,21-,24-/m1/s1. The number of hydrogen-bond acceptors (Lipinski definition) is 2. The Labute approximate surface area is 156 Å². The van der Waals surface area contributed by atoms with Crippen molar-refractivity contribution >= 4 is 5.97 Å². The van der Waals surface area contributed by atoms with Crippen LogP contribution in [0.2, 0.25) is 0 Å². The van der Waals surface area contributed by atoms with Gasteiger partial charge >= 0.3 is 5.97 Å². The van der Waals surface area contributed by atoms with E-state index >= 15 is 0 Å². The van der Waals surface area contributed by atoms with Gasteiger partial charge in [-0.05, 0) is 48.3 Å². The van der Waals surface area contributed by atoms with Crippen molar-refractivity contribution in [3.8, 4) is 0 Å². The average molecular weight is 348 g/mol. The Bertz CT molecular complexity index is 780. The van der Waals surface area contributed by atoms with Crippen molar-refractivity contribution < 1.29 is 9.53 Å². The largest absolute Gasteiger partial charge is 0.458 e. The maximum atomic E-state index is 12.8. The van der Waals surface area contributed by atoms with E-state index in [9.17, 15) is 4.79 Å². The minimum absolute atomic E-state index is 0.0239. The van der Waals surface area contributed by atoms with Crippen LogP contribution in [0, 0.1) is 22.7 Å². The zero-order valence-corrected chi connectivity index (χ0v) is 15.9. The van der Waals surface area contributed by atoms with E-state index in [-0.39, 0.29) is 22.9 Å². The molecule has 0 amide bonds. The first-order chi connectivity index (χ1) is 12.4. The molecule has 136 valence electrons. The molecule has 4 atom stereocenters. The van der Waals surface area contributed by atoms with E-state index in [1.54, 1.807) is 0 Å². The molecule has 0 spiro atoms. The first-order valence-corrected chi connectivity index (χ1v) is 9.73. The maximum absolute atomic E-state index is 12.8. The molecule has 0 aromatic heterocycles. The summed E-state index contributed by atoms with van der Waals surface area (Å²) >= 11 is 0. The molecular weight excluding hydrogens is 320 g/mol. The van der Waals surface area contributed by atoms with Crippen molar-refractivity contribution in [1.82, 2.24) is 0 Å². The van der Waals surface area contributed by atoms with Gasteiger partial charge < -0.3 is 4.74 Å². The molecule has 2 bridgehead atoms. The summed E-state index contributed by atoms with van der Waals surface area (Å²) in [6, 6.07) is 20.0. The number of rotatable bonds is 4. The number of ether oxygens (including phenoxy) is 1. The fourth-order valence-electron chi connectivity index (χ4n) is 5.61. The van der Waals surface area contributed by atoms with Crippen LogP contribution >= 0.6 is 0 Å². The lowest BCUT2D eigenvalue weighted by Gasteiger charge is -2.39. The number of fused-ring (bicyclic) bond motifs is 2. The number of benzene rings is 2. The van der Waals surface area contributed by atoms with Gasteiger partial charge in [-0.25, -0.2) is 4.79 Å². The lowest BCUT2D eigenvalue weighted by atomic mass is 9.70. The fourth-order valence-corrected chi connectivity index (χ4v) is 5.61. The molecule has 2 saturated carbocycles. The van der Waals surface area contributed by atoms with Gasteiger partial charge in [0.05, 0.1) is 5.56 Å². The maximum Gasteiger partial charge on any atom is 0.338 e. The van der Waals surface area contributed by atoms with Gasteiger partial charge in [0.2, 0.25) is 0 Å². The first kappa shape index (κ1) is 17.3. The summed E-state index contributed by atoms with van der Waals surface area (Å²) in [5.41, 5.74) is 2.22. The van der Waals surface area contributed by atoms with Gasteiger partial charge in [0.15, 0.2) is 0 Å². The van der Waals surface area contributed by atoms with Crippen molar-refractivity contribution in [3.63, 3.8) is 0 Å². The Morgan fingerprint density at radius 2 is 1.62 bits per heavy atom. The van der Waals surface area contributed by atoms with E-state index in [0.717, 1.165) is 12.8 Å². The van der Waals surface area contributed by atoms with Gasteiger partial charge in [-0.15, -0.1) is 0 Å². The average Bonchev–Trinajstić information content (AvgIpc) is 2.96. The minimum atomic E-state index is -0.182. The highest BCUT2D eigenvalue weighted by molar-refractivity contribution is 5.89. The van der Waals surface area contributed by atoms with Crippen LogP contribution in [0.4, 0.5) is 0 Å². The molecule has 2 aliphatic rings. The third kappa shape index (κ3) is 2.58. The number of carbonyl (C=O) groups excluding carboxylic acids is 1. The second-order valence-corrected chi connectivity index (χ2v) is 8.83. The molecule has 2 nitrogen and oxygen atoms in total. The minimum Gasteiger partial charge on any atom is -0.458 e. The zero-order chi connectivity index (χ0) is 18.4. The SMILES string of the molecule is CC1(C)[C@H]2CC[C@]1(C)[C@H](OC(=O)c1ccccc1)[C@@H]2Cc1ccccc1. The molecule has 2 fully saturated rings. The topological polar surface area (TPSA) is 26.3 Å². The van der Waals surface area contributed by atoms with Gasteiger partial charge in [-0.1, -0.05) is 69.3 Å². The van der Waals surface area contributed by atoms with Gasteiger partial charge in [0.1, 0.15) is 6.10 Å². The number of esters is 1. The summed E-state index contributed by atoms with van der Waals surface area (Å²) in [6.45, 7) is 7.08. The van der Waals surface area contributed by atoms with E-state index in [1.807, 2.05) is 30.3 Å². The van der Waals surface area contributed by atoms with Crippen LogP contribution < -0.4 is 0 Å². The van der Waals surface area contributed by atoms with Crippen molar-refractivity contribution in [2.75, 3.05) is 0 Å². The van der Waals surface area contributed by atoms with Crippen molar-refractivity contribution in [3.05, 3.63) is 71.8 Å². The molecule has 0 N–H and O–H groups in total. The fraction of sp³-hybridized carbons (Fsp3) is 0.458. The highest BCUT2D eigenvalue weighted by Crippen LogP contribution is 2.69. The van der Waals surface area contributed by atoms with Crippen LogP contribution in [-0.4, -0.2) is 12.1 Å². The monoisotopic (exact) mass is 348 g/mol. The molecular formula is C24H28O2. The molecule has 4 rings (SSSR count). The predicted octanol–water partition coefficient (Wildman–Crippen LogP) is 5.53. The summed E-state index contributed by atoms with van der Waals surface area (Å²) in [5, 5.41) is 0. The molecule has 2 aromatic carbocycles. The summed E-state index contributed by atoms with van der Waals surface area (Å²) in [4.78, 5) is 12.8. The van der Waals surface area contributed by atoms with Crippen molar-refractivity contribution in [1.29, 1.82) is 0 Å². The Balaban J connectivity index is 1.64. The lowest BCUT2D eigenvalue weighted by molar-refractivity contribution is -0.0409. The molecule has 0 radical (unpaired) electrons. The van der Waals surface area contributed by atoms with Crippen LogP contribution in [0.1, 0.15) is 49.5 Å². The van der Waals surface area contributed by atoms with E-state index in [0.29, 0.717) is 17.4 Å². The summed E-state index contributed by atoms with van der Waals surface area (Å²) in [7, 11) is 0. The molecule has 0 aliphatic heterocycles. The summed E-state index contributed by atoms with van der Waals surface area (Å²) in [6.07, 6.45) is 3.34. The second-order valence-electron chi connectivity index (χ2n) is 8.83.